The van der Waals surface area contributed by atoms with Gasteiger partial charge in [-0.25, -0.2) is 0 Å². The number of rotatable bonds is 4. The molecule has 0 aliphatic heterocycles. The lowest BCUT2D eigenvalue weighted by Gasteiger charge is -2.07. The van der Waals surface area contributed by atoms with Gasteiger partial charge in [0.25, 0.3) is 0 Å². The molecule has 0 aliphatic carbocycles. The Morgan fingerprint density at radius 2 is 1.92 bits per heavy atom. The number of aromatic nitrogens is 4. The van der Waals surface area contributed by atoms with E-state index in [1.807, 2.05) is 48.5 Å². The van der Waals surface area contributed by atoms with Gasteiger partial charge in [-0.05, 0) is 24.1 Å². The number of nitrogens with one attached hydrogen (secondary N) is 1. The van der Waals surface area contributed by atoms with Crippen LogP contribution in [-0.2, 0) is 11.2 Å². The van der Waals surface area contributed by atoms with E-state index in [9.17, 15) is 4.79 Å². The van der Waals surface area contributed by atoms with Gasteiger partial charge in [0, 0.05) is 22.5 Å². The number of carbonyl (C=O) groups excluding carboxylic acids is 1. The fourth-order valence-electron chi connectivity index (χ4n) is 2.89. The van der Waals surface area contributed by atoms with Crippen molar-refractivity contribution in [1.29, 1.82) is 0 Å². The summed E-state index contributed by atoms with van der Waals surface area (Å²) in [7, 11) is 0. The van der Waals surface area contributed by atoms with Crippen LogP contribution in [0.2, 0.25) is 0 Å². The lowest BCUT2D eigenvalue weighted by molar-refractivity contribution is -0.111. The van der Waals surface area contributed by atoms with Crippen molar-refractivity contribution in [2.45, 2.75) is 13.3 Å². The van der Waals surface area contributed by atoms with Gasteiger partial charge in [-0.3, -0.25) is 4.79 Å². The van der Waals surface area contributed by atoms with Crippen molar-refractivity contribution in [2.24, 2.45) is 0 Å². The zero-order valence-corrected chi connectivity index (χ0v) is 14.3. The second kappa shape index (κ2) is 6.76. The number of anilines is 1. The number of hydrogen-bond donors (Lipinski definition) is 1. The first-order valence-electron chi connectivity index (χ1n) is 8.42. The first-order valence-corrected chi connectivity index (χ1v) is 8.42. The van der Waals surface area contributed by atoms with Crippen molar-refractivity contribution in [3.05, 3.63) is 72.2 Å². The van der Waals surface area contributed by atoms with E-state index in [1.165, 1.54) is 6.08 Å². The lowest BCUT2D eigenvalue weighted by Crippen LogP contribution is -2.09. The van der Waals surface area contributed by atoms with E-state index in [-0.39, 0.29) is 5.91 Å². The highest BCUT2D eigenvalue weighted by Crippen LogP contribution is 2.18. The molecule has 0 saturated heterocycles. The van der Waals surface area contributed by atoms with Gasteiger partial charge in [-0.2, -0.15) is 9.61 Å². The van der Waals surface area contributed by atoms with Crippen molar-refractivity contribution in [3.8, 4) is 0 Å². The second-order valence-corrected chi connectivity index (χ2v) is 5.86. The van der Waals surface area contributed by atoms with Gasteiger partial charge >= 0.3 is 0 Å². The summed E-state index contributed by atoms with van der Waals surface area (Å²) in [5.74, 6) is 0.285. The monoisotopic (exact) mass is 343 g/mol. The number of amides is 1. The van der Waals surface area contributed by atoms with Crippen LogP contribution in [0.1, 0.15) is 18.3 Å². The standard InChI is InChI=1S/C20H17N5O/c1-2-14-7-4-6-10-17(14)22-19(26)12-11-18-23-24-20-16-9-5-3-8-15(16)13-21-25(18)20/h3-13H,2H2,1H3,(H,22,26). The number of carbonyl (C=O) groups is 1. The maximum atomic E-state index is 12.2. The third kappa shape index (κ3) is 2.93. The van der Waals surface area contributed by atoms with E-state index < -0.39 is 0 Å². The minimum absolute atomic E-state index is 0.219. The first-order chi connectivity index (χ1) is 12.8. The molecule has 0 atom stereocenters. The maximum absolute atomic E-state index is 12.2. The SMILES string of the molecule is CCc1ccccc1NC(=O)C=Cc1nnc2c3ccccc3cnn12. The Morgan fingerprint density at radius 3 is 2.81 bits per heavy atom. The molecule has 1 amide bonds. The average Bonchev–Trinajstić information content (AvgIpc) is 3.10. The number of nitrogens with zero attached hydrogens (tertiary/aromatic N) is 4. The molecule has 2 heterocycles. The zero-order valence-electron chi connectivity index (χ0n) is 14.3. The number of para-hydroxylation sites is 1. The van der Waals surface area contributed by atoms with Crippen LogP contribution < -0.4 is 5.32 Å². The molecule has 0 saturated carbocycles. The Bertz CT molecular complexity index is 1130. The van der Waals surface area contributed by atoms with Crippen LogP contribution in [0.25, 0.3) is 22.5 Å². The van der Waals surface area contributed by atoms with E-state index in [0.29, 0.717) is 11.5 Å². The van der Waals surface area contributed by atoms with E-state index in [2.05, 4.69) is 27.5 Å². The molecule has 0 spiro atoms. The van der Waals surface area contributed by atoms with Gasteiger partial charge in [0.2, 0.25) is 5.91 Å². The molecule has 4 rings (SSSR count). The molecule has 128 valence electrons. The highest BCUT2D eigenvalue weighted by atomic mass is 16.1. The molecule has 2 aromatic carbocycles. The number of aryl methyl sites for hydroxylation is 1. The molecular formula is C20H17N5O. The maximum Gasteiger partial charge on any atom is 0.248 e. The van der Waals surface area contributed by atoms with Crippen LogP contribution in [0.5, 0.6) is 0 Å². The Labute approximate surface area is 150 Å². The molecule has 0 bridgehead atoms. The Hall–Kier alpha value is -3.54. The van der Waals surface area contributed by atoms with Crippen LogP contribution in [0.15, 0.2) is 60.8 Å². The Kier molecular flexibility index (Phi) is 4.15. The van der Waals surface area contributed by atoms with Crippen molar-refractivity contribution in [1.82, 2.24) is 19.8 Å². The molecular weight excluding hydrogens is 326 g/mol. The fourth-order valence-corrected chi connectivity index (χ4v) is 2.89. The topological polar surface area (TPSA) is 72.2 Å². The molecule has 4 aromatic rings. The minimum atomic E-state index is -0.219. The molecule has 2 aromatic heterocycles. The summed E-state index contributed by atoms with van der Waals surface area (Å²) in [6, 6.07) is 15.6. The van der Waals surface area contributed by atoms with Gasteiger partial charge in [-0.15, -0.1) is 10.2 Å². The summed E-state index contributed by atoms with van der Waals surface area (Å²) in [6.45, 7) is 2.05. The third-order valence-corrected chi connectivity index (χ3v) is 4.22. The van der Waals surface area contributed by atoms with E-state index in [4.69, 9.17) is 0 Å². The van der Waals surface area contributed by atoms with Crippen LogP contribution in [-0.4, -0.2) is 25.7 Å². The van der Waals surface area contributed by atoms with Crippen LogP contribution in [0, 0.1) is 0 Å². The first kappa shape index (κ1) is 16.0. The van der Waals surface area contributed by atoms with Gasteiger partial charge in [0.05, 0.1) is 6.20 Å². The number of hydrogen-bond acceptors (Lipinski definition) is 4. The normalized spacial score (nSPS) is 11.4. The number of fused-ring (bicyclic) bond motifs is 3. The summed E-state index contributed by atoms with van der Waals surface area (Å²) < 4.78 is 1.63. The molecule has 0 fully saturated rings. The largest absolute Gasteiger partial charge is 0.322 e. The van der Waals surface area contributed by atoms with E-state index >= 15 is 0 Å². The summed E-state index contributed by atoms with van der Waals surface area (Å²) in [5, 5.41) is 17.6. The van der Waals surface area contributed by atoms with Gasteiger partial charge in [0.1, 0.15) is 0 Å². The Morgan fingerprint density at radius 1 is 1.12 bits per heavy atom. The van der Waals surface area contributed by atoms with Gasteiger partial charge < -0.3 is 5.32 Å². The number of benzene rings is 2. The van der Waals surface area contributed by atoms with Crippen molar-refractivity contribution >= 4 is 34.1 Å². The highest BCUT2D eigenvalue weighted by molar-refractivity contribution is 6.02. The minimum Gasteiger partial charge on any atom is -0.322 e. The third-order valence-electron chi connectivity index (χ3n) is 4.22. The summed E-state index contributed by atoms with van der Waals surface area (Å²) >= 11 is 0. The molecule has 0 radical (unpaired) electrons. The molecule has 6 nitrogen and oxygen atoms in total. The van der Waals surface area contributed by atoms with E-state index in [0.717, 1.165) is 28.4 Å². The Balaban J connectivity index is 1.60. The molecule has 6 heteroatoms. The summed E-state index contributed by atoms with van der Waals surface area (Å²) in [6.07, 6.45) is 5.68. The smallest absolute Gasteiger partial charge is 0.248 e. The van der Waals surface area contributed by atoms with Crippen molar-refractivity contribution in [3.63, 3.8) is 0 Å². The van der Waals surface area contributed by atoms with Crippen molar-refractivity contribution < 1.29 is 4.79 Å². The van der Waals surface area contributed by atoms with Crippen LogP contribution in [0.4, 0.5) is 5.69 Å². The summed E-state index contributed by atoms with van der Waals surface area (Å²) in [5.41, 5.74) is 2.58. The van der Waals surface area contributed by atoms with Gasteiger partial charge in [0.15, 0.2) is 11.5 Å². The fraction of sp³-hybridized carbons (Fsp3) is 0.100. The van der Waals surface area contributed by atoms with Crippen LogP contribution in [0.3, 0.4) is 0 Å². The highest BCUT2D eigenvalue weighted by Gasteiger charge is 2.08. The molecule has 0 unspecified atom stereocenters. The lowest BCUT2D eigenvalue weighted by atomic mass is 10.1. The molecule has 26 heavy (non-hydrogen) atoms. The summed E-state index contributed by atoms with van der Waals surface area (Å²) in [4.78, 5) is 12.2. The second-order valence-electron chi connectivity index (χ2n) is 5.86. The zero-order chi connectivity index (χ0) is 17.9. The van der Waals surface area contributed by atoms with Crippen molar-refractivity contribution in [2.75, 3.05) is 5.32 Å². The quantitative estimate of drug-likeness (QED) is 0.576. The molecule has 0 aliphatic rings. The predicted octanol–water partition coefficient (Wildman–Crippen LogP) is 3.49. The predicted molar refractivity (Wildman–Crippen MR) is 102 cm³/mol. The molecule has 1 N–H and O–H groups in total. The van der Waals surface area contributed by atoms with E-state index in [1.54, 1.807) is 16.8 Å². The van der Waals surface area contributed by atoms with Gasteiger partial charge in [-0.1, -0.05) is 49.4 Å². The van der Waals surface area contributed by atoms with Crippen LogP contribution >= 0.6 is 0 Å². The average molecular weight is 343 g/mol.